The average molecular weight is 439 g/mol. The van der Waals surface area contributed by atoms with Crippen molar-refractivity contribution >= 4 is 17.7 Å². The molecule has 32 heavy (non-hydrogen) atoms. The summed E-state index contributed by atoms with van der Waals surface area (Å²) in [5, 5.41) is 24.0. The molecule has 0 saturated heterocycles. The number of hydrogen-bond donors (Lipinski definition) is 4. The van der Waals surface area contributed by atoms with Crippen LogP contribution in [-0.2, 0) is 18.3 Å². The number of nitrogens with zero attached hydrogens (tertiary/aromatic N) is 1. The Bertz CT molecular complexity index is 1210. The maximum atomic E-state index is 14.0. The SMILES string of the molecule is Cn1ccc(O)c(NC(=O)N[C@@H](CC(=O)O)c2cccc(Cc3ccccc3F)c2)c1=O. The molecule has 0 aliphatic heterocycles. The molecule has 1 heterocycles. The van der Waals surface area contributed by atoms with Gasteiger partial charge < -0.3 is 25.4 Å². The molecule has 3 rings (SSSR count). The fraction of sp³-hybridized carbons (Fsp3) is 0.174. The van der Waals surface area contributed by atoms with Crippen molar-refractivity contribution in [1.82, 2.24) is 9.88 Å². The lowest BCUT2D eigenvalue weighted by Gasteiger charge is -2.19. The molecule has 0 aliphatic carbocycles. The second-order valence-corrected chi connectivity index (χ2v) is 7.25. The monoisotopic (exact) mass is 439 g/mol. The summed E-state index contributed by atoms with van der Waals surface area (Å²) in [5.41, 5.74) is 0.776. The molecular formula is C23H22FN3O5. The first kappa shape index (κ1) is 22.5. The molecule has 0 bridgehead atoms. The molecule has 2 amide bonds. The fourth-order valence-corrected chi connectivity index (χ4v) is 3.25. The number of nitrogens with one attached hydrogen (secondary N) is 2. The molecule has 0 spiro atoms. The van der Waals surface area contributed by atoms with Crippen LogP contribution in [0.25, 0.3) is 0 Å². The molecule has 4 N–H and O–H groups in total. The van der Waals surface area contributed by atoms with E-state index in [9.17, 15) is 29.0 Å². The van der Waals surface area contributed by atoms with Crippen LogP contribution in [0.1, 0.15) is 29.2 Å². The standard InChI is InChI=1S/C23H22FN3O5/c1-27-10-9-19(28)21(22(27)31)26-23(32)25-18(13-20(29)30)16-7-4-5-14(12-16)11-15-6-2-3-8-17(15)24/h2-10,12,18,28H,11,13H2,1H3,(H,29,30)(H2,25,26,32)/t18-/m0/s1. The van der Waals surface area contributed by atoms with Gasteiger partial charge >= 0.3 is 12.0 Å². The number of aromatic nitrogens is 1. The number of rotatable bonds is 7. The molecular weight excluding hydrogens is 417 g/mol. The third-order valence-corrected chi connectivity index (χ3v) is 4.87. The second-order valence-electron chi connectivity index (χ2n) is 7.25. The number of pyridine rings is 1. The van der Waals surface area contributed by atoms with Gasteiger partial charge in [0.2, 0.25) is 0 Å². The predicted octanol–water partition coefficient (Wildman–Crippen LogP) is 3.16. The van der Waals surface area contributed by atoms with Crippen LogP contribution in [0.15, 0.2) is 65.6 Å². The van der Waals surface area contributed by atoms with Gasteiger partial charge in [0, 0.05) is 19.7 Å². The summed E-state index contributed by atoms with van der Waals surface area (Å²) >= 11 is 0. The maximum Gasteiger partial charge on any atom is 0.319 e. The number of carboxylic acid groups (broad SMARTS) is 1. The summed E-state index contributed by atoms with van der Waals surface area (Å²) in [5.74, 6) is -1.90. The normalized spacial score (nSPS) is 11.6. The Labute approximate surface area is 183 Å². The van der Waals surface area contributed by atoms with Crippen molar-refractivity contribution in [2.45, 2.75) is 18.9 Å². The summed E-state index contributed by atoms with van der Waals surface area (Å²) < 4.78 is 15.2. The van der Waals surface area contributed by atoms with Gasteiger partial charge in [-0.05, 0) is 28.8 Å². The molecule has 8 nitrogen and oxygen atoms in total. The van der Waals surface area contributed by atoms with Crippen LogP contribution in [0.3, 0.4) is 0 Å². The summed E-state index contributed by atoms with van der Waals surface area (Å²) in [6, 6.07) is 12.6. The van der Waals surface area contributed by atoms with Crippen LogP contribution in [0.4, 0.5) is 14.9 Å². The van der Waals surface area contributed by atoms with Crippen LogP contribution in [0, 0.1) is 5.82 Å². The van der Waals surface area contributed by atoms with Gasteiger partial charge in [-0.3, -0.25) is 9.59 Å². The van der Waals surface area contributed by atoms with E-state index in [2.05, 4.69) is 10.6 Å². The van der Waals surface area contributed by atoms with Gasteiger partial charge in [0.1, 0.15) is 11.6 Å². The van der Waals surface area contributed by atoms with E-state index >= 15 is 0 Å². The van der Waals surface area contributed by atoms with Crippen LogP contribution in [0.2, 0.25) is 0 Å². The topological polar surface area (TPSA) is 121 Å². The van der Waals surface area contributed by atoms with Gasteiger partial charge in [0.25, 0.3) is 5.56 Å². The fourth-order valence-electron chi connectivity index (χ4n) is 3.25. The zero-order chi connectivity index (χ0) is 23.3. The predicted molar refractivity (Wildman–Crippen MR) is 116 cm³/mol. The van der Waals surface area contributed by atoms with E-state index in [1.807, 2.05) is 0 Å². The number of aromatic hydroxyl groups is 1. The van der Waals surface area contributed by atoms with Crippen molar-refractivity contribution in [3.63, 3.8) is 0 Å². The summed E-state index contributed by atoms with van der Waals surface area (Å²) in [6.45, 7) is 0. The Kier molecular flexibility index (Phi) is 6.89. The zero-order valence-corrected chi connectivity index (χ0v) is 17.2. The lowest BCUT2D eigenvalue weighted by atomic mass is 9.98. The lowest BCUT2D eigenvalue weighted by molar-refractivity contribution is -0.137. The van der Waals surface area contributed by atoms with Crippen LogP contribution in [0.5, 0.6) is 5.75 Å². The first-order valence-electron chi connectivity index (χ1n) is 9.74. The quantitative estimate of drug-likeness (QED) is 0.451. The van der Waals surface area contributed by atoms with Crippen LogP contribution >= 0.6 is 0 Å². The van der Waals surface area contributed by atoms with Gasteiger partial charge in [-0.2, -0.15) is 0 Å². The molecule has 1 aromatic heterocycles. The van der Waals surface area contributed by atoms with Gasteiger partial charge in [0.05, 0.1) is 12.5 Å². The molecule has 3 aromatic rings. The molecule has 0 unspecified atom stereocenters. The Morgan fingerprint density at radius 2 is 1.88 bits per heavy atom. The van der Waals surface area contributed by atoms with E-state index < -0.39 is 35.8 Å². The molecule has 0 fully saturated rings. The number of hydrogen-bond acceptors (Lipinski definition) is 4. The maximum absolute atomic E-state index is 14.0. The van der Waals surface area contributed by atoms with E-state index in [0.717, 1.165) is 5.56 Å². The number of amides is 2. The summed E-state index contributed by atoms with van der Waals surface area (Å²) in [6.07, 6.45) is 1.21. The molecule has 166 valence electrons. The third kappa shape index (κ3) is 5.51. The van der Waals surface area contributed by atoms with E-state index in [-0.39, 0.29) is 11.5 Å². The number of carboxylic acids is 1. The first-order chi connectivity index (χ1) is 15.2. The van der Waals surface area contributed by atoms with E-state index in [1.54, 1.807) is 42.5 Å². The van der Waals surface area contributed by atoms with Crippen molar-refractivity contribution in [3.8, 4) is 5.75 Å². The molecule has 9 heteroatoms. The van der Waals surface area contributed by atoms with Crippen molar-refractivity contribution in [2.75, 3.05) is 5.32 Å². The largest absolute Gasteiger partial charge is 0.505 e. The number of benzene rings is 2. The number of carbonyl (C=O) groups is 2. The molecule has 0 aliphatic rings. The van der Waals surface area contributed by atoms with E-state index in [0.29, 0.717) is 17.5 Å². The van der Waals surface area contributed by atoms with E-state index in [4.69, 9.17) is 0 Å². The Balaban J connectivity index is 1.82. The summed E-state index contributed by atoms with van der Waals surface area (Å²) in [4.78, 5) is 36.0. The number of halogens is 1. The minimum Gasteiger partial charge on any atom is -0.505 e. The van der Waals surface area contributed by atoms with Gasteiger partial charge in [-0.25, -0.2) is 9.18 Å². The number of carbonyl (C=O) groups excluding carboxylic acids is 1. The van der Waals surface area contributed by atoms with Gasteiger partial charge in [0.15, 0.2) is 5.69 Å². The Morgan fingerprint density at radius 1 is 1.12 bits per heavy atom. The first-order valence-corrected chi connectivity index (χ1v) is 9.74. The third-order valence-electron chi connectivity index (χ3n) is 4.87. The van der Waals surface area contributed by atoms with Crippen molar-refractivity contribution in [1.29, 1.82) is 0 Å². The highest BCUT2D eigenvalue weighted by Gasteiger charge is 2.20. The highest BCUT2D eigenvalue weighted by molar-refractivity contribution is 5.91. The Morgan fingerprint density at radius 3 is 2.59 bits per heavy atom. The number of anilines is 1. The highest BCUT2D eigenvalue weighted by atomic mass is 19.1. The van der Waals surface area contributed by atoms with Crippen LogP contribution in [-0.4, -0.2) is 26.8 Å². The molecule has 0 saturated carbocycles. The lowest BCUT2D eigenvalue weighted by Crippen LogP contribution is -2.36. The number of aliphatic carboxylic acids is 1. The average Bonchev–Trinajstić information content (AvgIpc) is 2.75. The van der Waals surface area contributed by atoms with Crippen molar-refractivity contribution in [3.05, 3.63) is 93.7 Å². The highest BCUT2D eigenvalue weighted by Crippen LogP contribution is 2.22. The number of urea groups is 1. The Hall–Kier alpha value is -4.14. The van der Waals surface area contributed by atoms with Gasteiger partial charge in [-0.15, -0.1) is 0 Å². The molecule has 2 aromatic carbocycles. The second kappa shape index (κ2) is 9.78. The van der Waals surface area contributed by atoms with Crippen molar-refractivity contribution < 1.29 is 24.2 Å². The summed E-state index contributed by atoms with van der Waals surface area (Å²) in [7, 11) is 1.46. The van der Waals surface area contributed by atoms with Gasteiger partial charge in [-0.1, -0.05) is 42.5 Å². The minimum atomic E-state index is -1.15. The minimum absolute atomic E-state index is 0.292. The zero-order valence-electron chi connectivity index (χ0n) is 17.2. The van der Waals surface area contributed by atoms with Crippen LogP contribution < -0.4 is 16.2 Å². The smallest absolute Gasteiger partial charge is 0.319 e. The molecule has 0 radical (unpaired) electrons. The van der Waals surface area contributed by atoms with Crippen molar-refractivity contribution in [2.24, 2.45) is 7.05 Å². The molecule has 1 atom stereocenters. The van der Waals surface area contributed by atoms with E-state index in [1.165, 1.54) is 29.9 Å². The number of aryl methyl sites for hydroxylation is 1.